The Labute approximate surface area is 230 Å². The first-order chi connectivity index (χ1) is 18.9. The molecule has 0 aliphatic heterocycles. The van der Waals surface area contributed by atoms with Crippen LogP contribution in [0.1, 0.15) is 62.3 Å². The van der Waals surface area contributed by atoms with Crippen LogP contribution in [0.2, 0.25) is 0 Å². The SMILES string of the molecule is CC(C)(C)C(C)(OC(N)=O)c1oc(-c2ccc(OC(F)F)c(OCC3CC3)c2)nc1C(=O)NCc1cccnc1. The van der Waals surface area contributed by atoms with Gasteiger partial charge in [-0.15, -0.1) is 0 Å². The van der Waals surface area contributed by atoms with Crippen molar-refractivity contribution in [2.45, 2.75) is 59.3 Å². The lowest BCUT2D eigenvalue weighted by Crippen LogP contribution is -2.44. The summed E-state index contributed by atoms with van der Waals surface area (Å²) in [5, 5.41) is 2.78. The Morgan fingerprint density at radius 1 is 1.18 bits per heavy atom. The van der Waals surface area contributed by atoms with Gasteiger partial charge in [0.15, 0.2) is 28.6 Å². The third-order valence-corrected chi connectivity index (χ3v) is 6.77. The predicted molar refractivity (Wildman–Crippen MR) is 140 cm³/mol. The summed E-state index contributed by atoms with van der Waals surface area (Å²) in [5.41, 5.74) is 4.03. The minimum Gasteiger partial charge on any atom is -0.489 e. The summed E-state index contributed by atoms with van der Waals surface area (Å²) in [7, 11) is 0. The first-order valence-electron chi connectivity index (χ1n) is 12.8. The van der Waals surface area contributed by atoms with E-state index in [2.05, 4.69) is 20.0 Å². The Balaban J connectivity index is 1.76. The molecule has 1 aromatic carbocycles. The van der Waals surface area contributed by atoms with E-state index in [4.69, 9.17) is 19.6 Å². The highest BCUT2D eigenvalue weighted by Gasteiger charge is 2.49. The van der Waals surface area contributed by atoms with E-state index in [1.165, 1.54) is 18.2 Å². The summed E-state index contributed by atoms with van der Waals surface area (Å²) in [6.07, 6.45) is 4.15. The minimum absolute atomic E-state index is 0.0232. The van der Waals surface area contributed by atoms with Gasteiger partial charge in [0.25, 0.3) is 5.91 Å². The molecule has 1 atom stereocenters. The number of amides is 2. The number of oxazole rings is 1. The molecule has 2 amide bonds. The normalized spacial score (nSPS) is 14.9. The fourth-order valence-corrected chi connectivity index (χ4v) is 3.87. The number of carbonyl (C=O) groups excluding carboxylic acids is 2. The van der Waals surface area contributed by atoms with Crippen LogP contribution in [-0.2, 0) is 16.9 Å². The molecule has 0 radical (unpaired) electrons. The molecule has 3 aromatic rings. The van der Waals surface area contributed by atoms with Crippen molar-refractivity contribution in [1.82, 2.24) is 15.3 Å². The Morgan fingerprint density at radius 3 is 2.52 bits per heavy atom. The summed E-state index contributed by atoms with van der Waals surface area (Å²) >= 11 is 0. The number of benzene rings is 1. The van der Waals surface area contributed by atoms with E-state index in [-0.39, 0.29) is 35.4 Å². The average molecular weight is 559 g/mol. The van der Waals surface area contributed by atoms with Crippen LogP contribution in [-0.4, -0.2) is 35.2 Å². The number of carbonyl (C=O) groups is 2. The van der Waals surface area contributed by atoms with E-state index in [0.29, 0.717) is 18.1 Å². The zero-order valence-electron chi connectivity index (χ0n) is 22.7. The van der Waals surface area contributed by atoms with E-state index < -0.39 is 29.6 Å². The molecule has 12 heteroatoms. The maximum atomic E-state index is 13.4. The van der Waals surface area contributed by atoms with E-state index in [0.717, 1.165) is 18.4 Å². The van der Waals surface area contributed by atoms with Crippen LogP contribution in [0.5, 0.6) is 11.5 Å². The minimum atomic E-state index is -3.05. The van der Waals surface area contributed by atoms with Gasteiger partial charge < -0.3 is 29.7 Å². The number of halogens is 2. The maximum Gasteiger partial charge on any atom is 0.405 e. The van der Waals surface area contributed by atoms with Gasteiger partial charge in [-0.1, -0.05) is 26.8 Å². The third-order valence-electron chi connectivity index (χ3n) is 6.77. The highest BCUT2D eigenvalue weighted by molar-refractivity contribution is 5.94. The van der Waals surface area contributed by atoms with Gasteiger partial charge in [0.05, 0.1) is 6.61 Å². The molecule has 1 aliphatic rings. The number of rotatable bonds is 11. The average Bonchev–Trinajstić information content (AvgIpc) is 3.61. The molecule has 10 nitrogen and oxygen atoms in total. The maximum absolute atomic E-state index is 13.4. The Bertz CT molecular complexity index is 1350. The first kappa shape index (κ1) is 28.8. The third kappa shape index (κ3) is 6.67. The largest absolute Gasteiger partial charge is 0.489 e. The monoisotopic (exact) mass is 558 g/mol. The van der Waals surface area contributed by atoms with Gasteiger partial charge in [-0.2, -0.15) is 8.78 Å². The summed E-state index contributed by atoms with van der Waals surface area (Å²) in [6, 6.07) is 7.76. The number of primary amides is 1. The smallest absolute Gasteiger partial charge is 0.405 e. The molecular weight excluding hydrogens is 526 g/mol. The number of nitrogens with zero attached hydrogens (tertiary/aromatic N) is 2. The fraction of sp³-hybridized carbons (Fsp3) is 0.429. The number of nitrogens with two attached hydrogens (primary N) is 1. The van der Waals surface area contributed by atoms with Crippen LogP contribution < -0.4 is 20.5 Å². The zero-order chi connectivity index (χ0) is 29.1. The summed E-state index contributed by atoms with van der Waals surface area (Å²) in [4.78, 5) is 33.8. The molecular formula is C28H32F2N4O6. The number of nitrogens with one attached hydrogen (secondary N) is 1. The van der Waals surface area contributed by atoms with Crippen LogP contribution in [0.4, 0.5) is 13.6 Å². The lowest BCUT2D eigenvalue weighted by Gasteiger charge is -2.38. The highest BCUT2D eigenvalue weighted by Crippen LogP contribution is 2.45. The molecule has 1 aliphatic carbocycles. The van der Waals surface area contributed by atoms with Crippen LogP contribution >= 0.6 is 0 Å². The molecule has 0 bridgehead atoms. The van der Waals surface area contributed by atoms with Crippen molar-refractivity contribution in [3.05, 3.63) is 59.7 Å². The lowest BCUT2D eigenvalue weighted by molar-refractivity contribution is -0.0707. The molecule has 3 N–H and O–H groups in total. The molecule has 1 saturated carbocycles. The van der Waals surface area contributed by atoms with E-state index in [1.54, 1.807) is 52.2 Å². The quantitative estimate of drug-likeness (QED) is 0.318. The van der Waals surface area contributed by atoms with Crippen molar-refractivity contribution < 1.29 is 37.0 Å². The van der Waals surface area contributed by atoms with Gasteiger partial charge in [-0.05, 0) is 55.5 Å². The standard InChI is InChI=1S/C28H32F2N4O6/c1-27(2,3)28(4,40-26(31)36)22-21(23(35)33-14-17-6-5-11-32-13-17)34-24(39-22)18-9-10-19(38-25(29)30)20(12-18)37-15-16-7-8-16/h5-6,9-13,16,25H,7-8,14-15H2,1-4H3,(H2,31,36)(H,33,35). The number of hydrogen-bond acceptors (Lipinski definition) is 8. The molecule has 4 rings (SSSR count). The first-order valence-corrected chi connectivity index (χ1v) is 12.8. The summed E-state index contributed by atoms with van der Waals surface area (Å²) < 4.78 is 48.1. The topological polar surface area (TPSA) is 139 Å². The zero-order valence-corrected chi connectivity index (χ0v) is 22.7. The molecule has 40 heavy (non-hydrogen) atoms. The molecule has 0 spiro atoms. The molecule has 1 fully saturated rings. The van der Waals surface area contributed by atoms with E-state index in [9.17, 15) is 18.4 Å². The Hall–Kier alpha value is -4.22. The molecule has 214 valence electrons. The number of alkyl halides is 2. The van der Waals surface area contributed by atoms with Crippen molar-refractivity contribution in [2.24, 2.45) is 17.1 Å². The van der Waals surface area contributed by atoms with Gasteiger partial charge >= 0.3 is 12.7 Å². The number of pyridine rings is 1. The molecule has 0 saturated heterocycles. The second-order valence-corrected chi connectivity index (χ2v) is 10.7. The van der Waals surface area contributed by atoms with Crippen LogP contribution in [0.15, 0.2) is 47.1 Å². The van der Waals surface area contributed by atoms with E-state index >= 15 is 0 Å². The van der Waals surface area contributed by atoms with Crippen molar-refractivity contribution >= 4 is 12.0 Å². The summed E-state index contributed by atoms with van der Waals surface area (Å²) in [6.45, 7) is 4.38. The van der Waals surface area contributed by atoms with Gasteiger partial charge in [0, 0.05) is 29.9 Å². The lowest BCUT2D eigenvalue weighted by atomic mass is 9.75. The van der Waals surface area contributed by atoms with Crippen molar-refractivity contribution in [3.63, 3.8) is 0 Å². The Morgan fingerprint density at radius 2 is 1.93 bits per heavy atom. The molecule has 1 unspecified atom stereocenters. The summed E-state index contributed by atoms with van der Waals surface area (Å²) in [5.74, 6) is -0.364. The Kier molecular flexibility index (Phi) is 8.26. The van der Waals surface area contributed by atoms with Crippen molar-refractivity contribution in [1.29, 1.82) is 0 Å². The molecule has 2 heterocycles. The predicted octanol–water partition coefficient (Wildman–Crippen LogP) is 5.41. The van der Waals surface area contributed by atoms with Gasteiger partial charge in [-0.25, -0.2) is 9.78 Å². The second-order valence-electron chi connectivity index (χ2n) is 10.7. The fourth-order valence-electron chi connectivity index (χ4n) is 3.87. The van der Waals surface area contributed by atoms with Crippen molar-refractivity contribution in [2.75, 3.05) is 6.61 Å². The van der Waals surface area contributed by atoms with Crippen LogP contribution in [0.3, 0.4) is 0 Å². The van der Waals surface area contributed by atoms with Crippen molar-refractivity contribution in [3.8, 4) is 23.0 Å². The van der Waals surface area contributed by atoms with Gasteiger partial charge in [0.1, 0.15) is 0 Å². The van der Waals surface area contributed by atoms with Crippen LogP contribution in [0.25, 0.3) is 11.5 Å². The van der Waals surface area contributed by atoms with E-state index in [1.807, 2.05) is 0 Å². The number of aromatic nitrogens is 2. The van der Waals surface area contributed by atoms with Crippen LogP contribution in [0, 0.1) is 11.3 Å². The molecule has 2 aromatic heterocycles. The highest BCUT2D eigenvalue weighted by atomic mass is 19.3. The number of ether oxygens (including phenoxy) is 3. The van der Waals surface area contributed by atoms with Gasteiger partial charge in [-0.3, -0.25) is 9.78 Å². The second kappa shape index (κ2) is 11.5. The van der Waals surface area contributed by atoms with Gasteiger partial charge in [0.2, 0.25) is 5.89 Å². The number of hydrogen-bond donors (Lipinski definition) is 2.